The second-order valence-corrected chi connectivity index (χ2v) is 5.56. The fourth-order valence-electron chi connectivity index (χ4n) is 2.21. The smallest absolute Gasteiger partial charge is 0.412 e. The first kappa shape index (κ1) is 18.3. The van der Waals surface area contributed by atoms with Crippen LogP contribution >= 0.6 is 0 Å². The van der Waals surface area contributed by atoms with Crippen molar-refractivity contribution in [2.75, 3.05) is 13.7 Å². The first-order chi connectivity index (χ1) is 10.2. The number of carbonyl (C=O) groups excluding carboxylic acids is 2. The third-order valence-electron chi connectivity index (χ3n) is 3.56. The molecule has 1 N–H and O–H groups in total. The second kappa shape index (κ2) is 7.47. The van der Waals surface area contributed by atoms with Crippen LogP contribution < -0.4 is 5.32 Å². The van der Waals surface area contributed by atoms with Crippen molar-refractivity contribution in [2.45, 2.75) is 38.8 Å². The van der Waals surface area contributed by atoms with Crippen molar-refractivity contribution >= 4 is 11.9 Å². The predicted molar refractivity (Wildman–Crippen MR) is 74.9 cm³/mol. The maximum absolute atomic E-state index is 12.7. The van der Waals surface area contributed by atoms with Gasteiger partial charge in [0.05, 0.1) is 13.5 Å². The molecule has 1 aliphatic carbocycles. The van der Waals surface area contributed by atoms with E-state index in [2.05, 4.69) is 10.1 Å². The highest BCUT2D eigenvalue weighted by Gasteiger charge is 2.38. The molecule has 0 saturated heterocycles. The molecule has 0 heterocycles. The minimum atomic E-state index is -4.32. The number of carbonyl (C=O) groups is 2. The summed E-state index contributed by atoms with van der Waals surface area (Å²) in [6.45, 7) is 1.98. The topological polar surface area (TPSA) is 55.4 Å². The Morgan fingerprint density at radius 3 is 2.64 bits per heavy atom. The molecule has 1 amide bonds. The van der Waals surface area contributed by atoms with Gasteiger partial charge in [0.15, 0.2) is 0 Å². The Morgan fingerprint density at radius 1 is 1.36 bits per heavy atom. The molecule has 0 aromatic rings. The summed E-state index contributed by atoms with van der Waals surface area (Å²) in [7, 11) is 1.24. The highest BCUT2D eigenvalue weighted by Crippen LogP contribution is 2.40. The van der Waals surface area contributed by atoms with Crippen LogP contribution in [0.4, 0.5) is 13.2 Å². The number of alkyl halides is 3. The second-order valence-electron chi connectivity index (χ2n) is 5.56. The third kappa shape index (κ3) is 5.91. The molecule has 0 aromatic carbocycles. The number of amides is 1. The molecule has 0 saturated carbocycles. The number of halogens is 3. The maximum atomic E-state index is 12.7. The molecule has 22 heavy (non-hydrogen) atoms. The van der Waals surface area contributed by atoms with Gasteiger partial charge >= 0.3 is 12.1 Å². The maximum Gasteiger partial charge on any atom is 0.412 e. The molecule has 0 spiro atoms. The van der Waals surface area contributed by atoms with Crippen molar-refractivity contribution in [3.63, 3.8) is 0 Å². The largest absolute Gasteiger partial charge is 0.469 e. The van der Waals surface area contributed by atoms with Crippen molar-refractivity contribution in [3.8, 4) is 0 Å². The number of methoxy groups -OCH3 is 1. The molecule has 1 rings (SSSR count). The Bertz CT molecular complexity index is 483. The average Bonchev–Trinajstić information content (AvgIpc) is 2.43. The fourth-order valence-corrected chi connectivity index (χ4v) is 2.21. The van der Waals surface area contributed by atoms with Gasteiger partial charge in [-0.3, -0.25) is 9.59 Å². The van der Waals surface area contributed by atoms with Crippen molar-refractivity contribution < 1.29 is 27.5 Å². The lowest BCUT2D eigenvalue weighted by Gasteiger charge is -2.30. The summed E-state index contributed by atoms with van der Waals surface area (Å²) in [6, 6.07) is 0. The van der Waals surface area contributed by atoms with Gasteiger partial charge in [0, 0.05) is 18.5 Å². The summed E-state index contributed by atoms with van der Waals surface area (Å²) in [5.74, 6) is -0.794. The first-order valence-corrected chi connectivity index (χ1v) is 6.95. The quantitative estimate of drug-likeness (QED) is 0.766. The van der Waals surface area contributed by atoms with Crippen LogP contribution in [0.15, 0.2) is 23.8 Å². The van der Waals surface area contributed by atoms with Crippen LogP contribution in [-0.2, 0) is 14.3 Å². The molecule has 0 aromatic heterocycles. The van der Waals surface area contributed by atoms with Crippen LogP contribution in [-0.4, -0.2) is 31.7 Å². The molecule has 0 fully saturated rings. The lowest BCUT2D eigenvalue weighted by molar-refractivity contribution is -0.142. The summed E-state index contributed by atoms with van der Waals surface area (Å²) < 4.78 is 42.6. The molecule has 0 bridgehead atoms. The molecule has 1 unspecified atom stereocenters. The van der Waals surface area contributed by atoms with E-state index in [4.69, 9.17) is 0 Å². The van der Waals surface area contributed by atoms with Crippen LogP contribution in [0.5, 0.6) is 0 Å². The molecule has 0 aliphatic heterocycles. The van der Waals surface area contributed by atoms with E-state index < -0.39 is 23.1 Å². The van der Waals surface area contributed by atoms with Crippen LogP contribution in [0, 0.1) is 5.41 Å². The van der Waals surface area contributed by atoms with Crippen LogP contribution in [0.25, 0.3) is 0 Å². The Hall–Kier alpha value is -1.79. The Morgan fingerprint density at radius 2 is 2.05 bits per heavy atom. The summed E-state index contributed by atoms with van der Waals surface area (Å²) >= 11 is 0. The number of allylic oxidation sites excluding steroid dienone is 4. The molecule has 7 heteroatoms. The lowest BCUT2D eigenvalue weighted by atomic mass is 9.77. The monoisotopic (exact) mass is 319 g/mol. The molecular formula is C15H20F3NO3. The molecule has 4 nitrogen and oxygen atoms in total. The number of esters is 1. The van der Waals surface area contributed by atoms with Crippen molar-refractivity contribution in [3.05, 3.63) is 23.8 Å². The van der Waals surface area contributed by atoms with E-state index in [0.29, 0.717) is 6.42 Å². The minimum absolute atomic E-state index is 0.00688. The zero-order valence-corrected chi connectivity index (χ0v) is 12.6. The zero-order chi connectivity index (χ0) is 16.8. The summed E-state index contributed by atoms with van der Waals surface area (Å²) in [5.41, 5.74) is -1.20. The van der Waals surface area contributed by atoms with Gasteiger partial charge in [0.2, 0.25) is 5.91 Å². The Labute approximate surface area is 127 Å². The van der Waals surface area contributed by atoms with Gasteiger partial charge in [-0.1, -0.05) is 25.2 Å². The lowest BCUT2D eigenvalue weighted by Crippen LogP contribution is -2.31. The van der Waals surface area contributed by atoms with Gasteiger partial charge in [0.1, 0.15) is 0 Å². The number of hydrogen-bond donors (Lipinski definition) is 1. The highest BCUT2D eigenvalue weighted by atomic mass is 19.4. The Kier molecular flexibility index (Phi) is 6.20. The normalized spacial score (nSPS) is 21.2. The third-order valence-corrected chi connectivity index (χ3v) is 3.56. The first-order valence-electron chi connectivity index (χ1n) is 6.95. The standard InChI is InChI=1S/C15H20F3NO3/c1-14(7-3-4-11(10-14)15(16,17)18)8-9-19-12(20)5-6-13(21)22-2/h3-4,7H,5-6,8-10H2,1-2H3,(H,19,20). The Balaban J connectivity index is 2.39. The van der Waals surface area contributed by atoms with Gasteiger partial charge < -0.3 is 10.1 Å². The van der Waals surface area contributed by atoms with E-state index >= 15 is 0 Å². The van der Waals surface area contributed by atoms with Crippen molar-refractivity contribution in [2.24, 2.45) is 5.41 Å². The van der Waals surface area contributed by atoms with Crippen LogP contribution in [0.2, 0.25) is 0 Å². The SMILES string of the molecule is COC(=O)CCC(=O)NCCC1(C)C=CC=C(C(F)(F)F)C1. The zero-order valence-electron chi connectivity index (χ0n) is 12.6. The number of hydrogen-bond acceptors (Lipinski definition) is 3. The van der Waals surface area contributed by atoms with Gasteiger partial charge in [-0.05, 0) is 18.3 Å². The van der Waals surface area contributed by atoms with E-state index in [1.807, 2.05) is 0 Å². The number of rotatable bonds is 6. The predicted octanol–water partition coefficient (Wildman–Crippen LogP) is 2.90. The summed E-state index contributed by atoms with van der Waals surface area (Å²) in [5, 5.41) is 2.61. The highest BCUT2D eigenvalue weighted by molar-refractivity contribution is 5.81. The van der Waals surface area contributed by atoms with E-state index in [0.717, 1.165) is 6.08 Å². The van der Waals surface area contributed by atoms with Crippen molar-refractivity contribution in [1.82, 2.24) is 5.32 Å². The van der Waals surface area contributed by atoms with E-state index in [1.54, 1.807) is 13.0 Å². The fraction of sp³-hybridized carbons (Fsp3) is 0.600. The van der Waals surface area contributed by atoms with E-state index in [9.17, 15) is 22.8 Å². The van der Waals surface area contributed by atoms with E-state index in [1.165, 1.54) is 13.2 Å². The molecule has 0 radical (unpaired) electrons. The van der Waals surface area contributed by atoms with Crippen molar-refractivity contribution in [1.29, 1.82) is 0 Å². The summed E-state index contributed by atoms with van der Waals surface area (Å²) in [4.78, 5) is 22.4. The molecule has 1 atom stereocenters. The van der Waals surface area contributed by atoms with E-state index in [-0.39, 0.29) is 31.7 Å². The molecule has 1 aliphatic rings. The molecule has 124 valence electrons. The van der Waals surface area contributed by atoms with Gasteiger partial charge in [-0.25, -0.2) is 0 Å². The van der Waals surface area contributed by atoms with Gasteiger partial charge in [-0.2, -0.15) is 13.2 Å². The minimum Gasteiger partial charge on any atom is -0.469 e. The van der Waals surface area contributed by atoms with Crippen LogP contribution in [0.3, 0.4) is 0 Å². The number of ether oxygens (including phenoxy) is 1. The summed E-state index contributed by atoms with van der Waals surface area (Å²) in [6.07, 6.45) is 0.167. The van der Waals surface area contributed by atoms with Gasteiger partial charge in [0.25, 0.3) is 0 Å². The molecular weight excluding hydrogens is 299 g/mol. The van der Waals surface area contributed by atoms with Crippen LogP contribution in [0.1, 0.15) is 32.6 Å². The van der Waals surface area contributed by atoms with Gasteiger partial charge in [-0.15, -0.1) is 0 Å². The number of nitrogens with one attached hydrogen (secondary N) is 1. The average molecular weight is 319 g/mol.